The molecule has 3 nitrogen and oxygen atoms in total. The van der Waals surface area contributed by atoms with Gasteiger partial charge in [-0.1, -0.05) is 18.2 Å². The van der Waals surface area contributed by atoms with Crippen LogP contribution in [0.15, 0.2) is 24.3 Å². The number of aryl methyl sites for hydroxylation is 1. The van der Waals surface area contributed by atoms with E-state index in [1.54, 1.807) is 11.8 Å². The lowest BCUT2D eigenvalue weighted by atomic mass is 10.1. The van der Waals surface area contributed by atoms with Crippen molar-refractivity contribution in [2.24, 2.45) is 0 Å². The lowest BCUT2D eigenvalue weighted by molar-refractivity contribution is -0.195. The highest BCUT2D eigenvalue weighted by Crippen LogP contribution is 2.29. The van der Waals surface area contributed by atoms with E-state index in [1.165, 1.54) is 11.9 Å². The Kier molecular flexibility index (Phi) is 4.97. The third kappa shape index (κ3) is 3.70. The van der Waals surface area contributed by atoms with Crippen LogP contribution in [0.4, 0.5) is 18.9 Å². The third-order valence-corrected chi connectivity index (χ3v) is 4.48. The second-order valence-corrected chi connectivity index (χ2v) is 6.11. The molecule has 1 aromatic rings. The summed E-state index contributed by atoms with van der Waals surface area (Å²) < 4.78 is 39.5. The van der Waals surface area contributed by atoms with E-state index in [0.717, 1.165) is 11.3 Å². The van der Waals surface area contributed by atoms with Crippen molar-refractivity contribution in [3.8, 4) is 0 Å². The molecule has 1 aromatic carbocycles. The summed E-state index contributed by atoms with van der Waals surface area (Å²) in [5.41, 5.74) is 1.82. The molecule has 0 radical (unpaired) electrons. The van der Waals surface area contributed by atoms with Gasteiger partial charge in [-0.2, -0.15) is 13.2 Å². The molecule has 122 valence electrons. The maximum atomic E-state index is 13.2. The molecule has 0 amide bonds. The number of para-hydroxylation sites is 1. The summed E-state index contributed by atoms with van der Waals surface area (Å²) in [6.07, 6.45) is -4.26. The quantitative estimate of drug-likeness (QED) is 0.796. The van der Waals surface area contributed by atoms with E-state index in [-0.39, 0.29) is 12.6 Å². The van der Waals surface area contributed by atoms with Crippen molar-refractivity contribution in [2.75, 3.05) is 25.5 Å². The number of benzene rings is 1. The van der Waals surface area contributed by atoms with Gasteiger partial charge in [-0.25, -0.2) is 0 Å². The summed E-state index contributed by atoms with van der Waals surface area (Å²) in [5, 5.41) is 3.40. The highest BCUT2D eigenvalue weighted by molar-refractivity contribution is 7.80. The zero-order valence-electron chi connectivity index (χ0n) is 12.8. The lowest BCUT2D eigenvalue weighted by Crippen LogP contribution is -2.62. The Morgan fingerprint density at radius 3 is 2.50 bits per heavy atom. The largest absolute Gasteiger partial charge is 0.405 e. The van der Waals surface area contributed by atoms with Gasteiger partial charge >= 0.3 is 6.18 Å². The van der Waals surface area contributed by atoms with Crippen LogP contribution in [0, 0.1) is 6.92 Å². The first-order valence-corrected chi connectivity index (χ1v) is 7.51. The molecule has 1 saturated heterocycles. The number of alkyl halides is 3. The fourth-order valence-electron chi connectivity index (χ4n) is 2.57. The molecule has 0 aliphatic carbocycles. The van der Waals surface area contributed by atoms with Crippen LogP contribution in [0.2, 0.25) is 0 Å². The second-order valence-electron chi connectivity index (χ2n) is 5.72. The molecule has 0 saturated carbocycles. The SMILES string of the molecule is Cc1ccccc1NC(=S)N1CC(C)N(C)C(C(F)(F)F)C1. The Balaban J connectivity index is 2.11. The molecule has 1 aliphatic rings. The molecular weight excluding hydrogens is 311 g/mol. The Bertz CT molecular complexity index is 547. The molecule has 0 aromatic heterocycles. The zero-order valence-corrected chi connectivity index (χ0v) is 13.6. The average molecular weight is 331 g/mol. The summed E-state index contributed by atoms with van der Waals surface area (Å²) in [6.45, 7) is 4.03. The summed E-state index contributed by atoms with van der Waals surface area (Å²) in [4.78, 5) is 2.97. The van der Waals surface area contributed by atoms with Gasteiger partial charge in [0.2, 0.25) is 0 Å². The van der Waals surface area contributed by atoms with E-state index in [1.807, 2.05) is 31.2 Å². The molecule has 1 N–H and O–H groups in total. The fourth-order valence-corrected chi connectivity index (χ4v) is 2.83. The molecular formula is C15H20F3N3S. The van der Waals surface area contributed by atoms with E-state index < -0.39 is 12.2 Å². The van der Waals surface area contributed by atoms with Gasteiger partial charge in [-0.15, -0.1) is 0 Å². The Morgan fingerprint density at radius 2 is 1.91 bits per heavy atom. The van der Waals surface area contributed by atoms with Crippen molar-refractivity contribution in [3.63, 3.8) is 0 Å². The normalized spacial score (nSPS) is 23.5. The number of anilines is 1. The summed E-state index contributed by atoms with van der Waals surface area (Å²) in [5.74, 6) is 0. The van der Waals surface area contributed by atoms with Gasteiger partial charge in [0.1, 0.15) is 6.04 Å². The lowest BCUT2D eigenvalue weighted by Gasteiger charge is -2.45. The first-order valence-electron chi connectivity index (χ1n) is 7.10. The summed E-state index contributed by atoms with van der Waals surface area (Å²) in [6, 6.07) is 5.83. The fraction of sp³-hybridized carbons (Fsp3) is 0.533. The minimum atomic E-state index is -4.26. The number of likely N-dealkylation sites (N-methyl/N-ethyl adjacent to an activating group) is 1. The Labute approximate surface area is 134 Å². The highest BCUT2D eigenvalue weighted by Gasteiger charge is 2.47. The minimum Gasteiger partial charge on any atom is -0.346 e. The molecule has 1 heterocycles. The summed E-state index contributed by atoms with van der Waals surface area (Å²) >= 11 is 5.31. The van der Waals surface area contributed by atoms with Crippen LogP contribution in [0.1, 0.15) is 12.5 Å². The van der Waals surface area contributed by atoms with Crippen LogP contribution < -0.4 is 5.32 Å². The van der Waals surface area contributed by atoms with E-state index >= 15 is 0 Å². The van der Waals surface area contributed by atoms with Crippen molar-refractivity contribution in [2.45, 2.75) is 32.1 Å². The standard InChI is InChI=1S/C15H20F3N3S/c1-10-6-4-5-7-12(10)19-14(22)21-8-11(2)20(3)13(9-21)15(16,17)18/h4-7,11,13H,8-9H2,1-3H3,(H,19,22). The van der Waals surface area contributed by atoms with Crippen LogP contribution in [0.25, 0.3) is 0 Å². The second kappa shape index (κ2) is 6.42. The first-order chi connectivity index (χ1) is 10.2. The topological polar surface area (TPSA) is 18.5 Å². The third-order valence-electron chi connectivity index (χ3n) is 4.12. The minimum absolute atomic E-state index is 0.151. The predicted octanol–water partition coefficient (Wildman–Crippen LogP) is 3.26. The number of nitrogens with zero attached hydrogens (tertiary/aromatic N) is 2. The number of hydrogen-bond donors (Lipinski definition) is 1. The number of halogens is 3. The van der Waals surface area contributed by atoms with Gasteiger partial charge in [0.25, 0.3) is 0 Å². The van der Waals surface area contributed by atoms with Crippen LogP contribution in [-0.2, 0) is 0 Å². The number of nitrogens with one attached hydrogen (secondary N) is 1. The van der Waals surface area contributed by atoms with E-state index in [0.29, 0.717) is 11.7 Å². The summed E-state index contributed by atoms with van der Waals surface area (Å²) in [7, 11) is 1.51. The highest BCUT2D eigenvalue weighted by atomic mass is 32.1. The molecule has 1 fully saturated rings. The van der Waals surface area contributed by atoms with Crippen LogP contribution in [-0.4, -0.2) is 53.3 Å². The van der Waals surface area contributed by atoms with Crippen molar-refractivity contribution >= 4 is 23.0 Å². The van der Waals surface area contributed by atoms with E-state index in [4.69, 9.17) is 12.2 Å². The van der Waals surface area contributed by atoms with E-state index in [9.17, 15) is 13.2 Å². The molecule has 2 atom stereocenters. The van der Waals surface area contributed by atoms with Gasteiger partial charge in [-0.05, 0) is 44.7 Å². The predicted molar refractivity (Wildman–Crippen MR) is 86.0 cm³/mol. The number of piperazine rings is 1. The number of hydrogen-bond acceptors (Lipinski definition) is 2. The van der Waals surface area contributed by atoms with Crippen LogP contribution >= 0.6 is 12.2 Å². The van der Waals surface area contributed by atoms with Crippen molar-refractivity contribution < 1.29 is 13.2 Å². The van der Waals surface area contributed by atoms with Crippen LogP contribution in [0.3, 0.4) is 0 Å². The number of rotatable bonds is 1. The maximum absolute atomic E-state index is 13.2. The van der Waals surface area contributed by atoms with E-state index in [2.05, 4.69) is 5.32 Å². The van der Waals surface area contributed by atoms with Gasteiger partial charge in [0.15, 0.2) is 5.11 Å². The van der Waals surface area contributed by atoms with Gasteiger partial charge in [-0.3, -0.25) is 4.90 Å². The number of thiocarbonyl (C=S) groups is 1. The average Bonchev–Trinajstić information content (AvgIpc) is 2.42. The smallest absolute Gasteiger partial charge is 0.346 e. The Hall–Kier alpha value is -1.34. The molecule has 0 spiro atoms. The Morgan fingerprint density at radius 1 is 1.27 bits per heavy atom. The molecule has 7 heteroatoms. The van der Waals surface area contributed by atoms with Crippen LogP contribution in [0.5, 0.6) is 0 Å². The van der Waals surface area contributed by atoms with Crippen molar-refractivity contribution in [3.05, 3.63) is 29.8 Å². The van der Waals surface area contributed by atoms with Gasteiger partial charge < -0.3 is 10.2 Å². The van der Waals surface area contributed by atoms with Crippen molar-refractivity contribution in [1.29, 1.82) is 0 Å². The zero-order chi connectivity index (χ0) is 16.5. The monoisotopic (exact) mass is 331 g/mol. The van der Waals surface area contributed by atoms with Gasteiger partial charge in [0, 0.05) is 24.8 Å². The molecule has 2 rings (SSSR count). The maximum Gasteiger partial charge on any atom is 0.405 e. The molecule has 1 aliphatic heterocycles. The van der Waals surface area contributed by atoms with Crippen molar-refractivity contribution in [1.82, 2.24) is 9.80 Å². The molecule has 2 unspecified atom stereocenters. The molecule has 22 heavy (non-hydrogen) atoms. The molecule has 0 bridgehead atoms. The first kappa shape index (κ1) is 17.0. The van der Waals surface area contributed by atoms with Gasteiger partial charge in [0.05, 0.1) is 0 Å².